The Labute approximate surface area is 213 Å². The SMILES string of the molecule is NC(CCC(=O)O)C(=O)NC(CCC(=O)O)C(=O)N1CCCC1C(=O)NC(Cc1ccccc1)C(=O)O. The Morgan fingerprint density at radius 2 is 1.54 bits per heavy atom. The van der Waals surface area contributed by atoms with Crippen LogP contribution in [0.3, 0.4) is 0 Å². The third kappa shape index (κ3) is 9.18. The topological polar surface area (TPSA) is 216 Å². The smallest absolute Gasteiger partial charge is 0.326 e. The molecule has 13 nitrogen and oxygen atoms in total. The highest BCUT2D eigenvalue weighted by Gasteiger charge is 2.39. The lowest BCUT2D eigenvalue weighted by Crippen LogP contribution is -2.57. The summed E-state index contributed by atoms with van der Waals surface area (Å²) in [5.74, 6) is -5.79. The first-order chi connectivity index (χ1) is 17.5. The van der Waals surface area contributed by atoms with E-state index in [2.05, 4.69) is 10.6 Å². The summed E-state index contributed by atoms with van der Waals surface area (Å²) in [5.41, 5.74) is 6.41. The van der Waals surface area contributed by atoms with Crippen LogP contribution in [0.25, 0.3) is 0 Å². The van der Waals surface area contributed by atoms with Crippen LogP contribution in [0.2, 0.25) is 0 Å². The van der Waals surface area contributed by atoms with Crippen LogP contribution in [0.5, 0.6) is 0 Å². The van der Waals surface area contributed by atoms with Gasteiger partial charge in [-0.1, -0.05) is 30.3 Å². The van der Waals surface area contributed by atoms with E-state index in [0.29, 0.717) is 12.0 Å². The van der Waals surface area contributed by atoms with Crippen LogP contribution >= 0.6 is 0 Å². The minimum atomic E-state index is -1.31. The van der Waals surface area contributed by atoms with Crippen molar-refractivity contribution in [1.82, 2.24) is 15.5 Å². The minimum Gasteiger partial charge on any atom is -0.481 e. The van der Waals surface area contributed by atoms with E-state index in [9.17, 15) is 33.9 Å². The molecule has 1 fully saturated rings. The van der Waals surface area contributed by atoms with Crippen molar-refractivity contribution in [3.8, 4) is 0 Å². The van der Waals surface area contributed by atoms with Crippen molar-refractivity contribution >= 4 is 35.6 Å². The van der Waals surface area contributed by atoms with Gasteiger partial charge in [0.1, 0.15) is 18.1 Å². The van der Waals surface area contributed by atoms with Crippen molar-refractivity contribution in [3.63, 3.8) is 0 Å². The molecule has 2 rings (SSSR count). The van der Waals surface area contributed by atoms with E-state index in [1.54, 1.807) is 30.3 Å². The van der Waals surface area contributed by atoms with Crippen molar-refractivity contribution < 1.29 is 44.1 Å². The summed E-state index contributed by atoms with van der Waals surface area (Å²) in [7, 11) is 0. The average molecular weight is 521 g/mol. The second kappa shape index (κ2) is 13.9. The highest BCUT2D eigenvalue weighted by Crippen LogP contribution is 2.20. The van der Waals surface area contributed by atoms with Crippen molar-refractivity contribution in [1.29, 1.82) is 0 Å². The quantitative estimate of drug-likeness (QED) is 0.182. The summed E-state index contributed by atoms with van der Waals surface area (Å²) in [5, 5.41) is 32.3. The Kier molecular flexibility index (Phi) is 11.0. The zero-order chi connectivity index (χ0) is 27.5. The monoisotopic (exact) mass is 520 g/mol. The average Bonchev–Trinajstić information content (AvgIpc) is 3.34. The number of nitrogens with one attached hydrogen (secondary N) is 2. The zero-order valence-electron chi connectivity index (χ0n) is 20.2. The van der Waals surface area contributed by atoms with Crippen molar-refractivity contribution in [3.05, 3.63) is 35.9 Å². The van der Waals surface area contributed by atoms with Gasteiger partial charge in [0.2, 0.25) is 17.7 Å². The molecule has 1 aliphatic rings. The van der Waals surface area contributed by atoms with Gasteiger partial charge in [-0.15, -0.1) is 0 Å². The summed E-state index contributed by atoms with van der Waals surface area (Å²) in [6.45, 7) is 0.151. The van der Waals surface area contributed by atoms with Gasteiger partial charge in [-0.25, -0.2) is 4.79 Å². The van der Waals surface area contributed by atoms with E-state index in [4.69, 9.17) is 15.9 Å². The minimum absolute atomic E-state index is 0.0358. The maximum absolute atomic E-state index is 13.3. The van der Waals surface area contributed by atoms with Gasteiger partial charge >= 0.3 is 17.9 Å². The van der Waals surface area contributed by atoms with Gasteiger partial charge in [-0.05, 0) is 31.2 Å². The van der Waals surface area contributed by atoms with E-state index >= 15 is 0 Å². The number of hydrogen-bond donors (Lipinski definition) is 6. The Morgan fingerprint density at radius 3 is 2.14 bits per heavy atom. The third-order valence-electron chi connectivity index (χ3n) is 6.00. The number of carboxylic acid groups (broad SMARTS) is 3. The number of carbonyl (C=O) groups is 6. The molecular weight excluding hydrogens is 488 g/mol. The van der Waals surface area contributed by atoms with Crippen molar-refractivity contribution in [2.45, 2.75) is 69.1 Å². The Balaban J connectivity index is 2.12. The molecule has 1 saturated heterocycles. The molecule has 4 atom stereocenters. The molecular formula is C24H32N4O9. The molecule has 1 heterocycles. The number of aliphatic carboxylic acids is 3. The van der Waals surface area contributed by atoms with E-state index in [1.165, 1.54) is 4.90 Å². The number of carboxylic acids is 3. The van der Waals surface area contributed by atoms with E-state index in [0.717, 1.165) is 0 Å². The van der Waals surface area contributed by atoms with Crippen LogP contribution in [0.4, 0.5) is 0 Å². The molecule has 0 bridgehead atoms. The molecule has 13 heteroatoms. The molecule has 0 saturated carbocycles. The lowest BCUT2D eigenvalue weighted by Gasteiger charge is -2.30. The fraction of sp³-hybridized carbons (Fsp3) is 0.500. The van der Waals surface area contributed by atoms with E-state index in [-0.39, 0.29) is 38.6 Å². The highest BCUT2D eigenvalue weighted by molar-refractivity contribution is 5.94. The maximum Gasteiger partial charge on any atom is 0.326 e. The van der Waals surface area contributed by atoms with Gasteiger partial charge in [-0.3, -0.25) is 24.0 Å². The molecule has 37 heavy (non-hydrogen) atoms. The Morgan fingerprint density at radius 1 is 0.919 bits per heavy atom. The molecule has 0 aliphatic carbocycles. The fourth-order valence-corrected chi connectivity index (χ4v) is 4.04. The number of likely N-dealkylation sites (tertiary alicyclic amines) is 1. The van der Waals surface area contributed by atoms with Gasteiger partial charge in [0.05, 0.1) is 6.04 Å². The normalized spacial score (nSPS) is 17.3. The van der Waals surface area contributed by atoms with Crippen molar-refractivity contribution in [2.24, 2.45) is 5.73 Å². The van der Waals surface area contributed by atoms with E-state index in [1.807, 2.05) is 0 Å². The Hall–Kier alpha value is -4.00. The first kappa shape index (κ1) is 29.2. The molecule has 4 unspecified atom stereocenters. The standard InChI is InChI=1S/C24H32N4O9/c25-15(8-10-19(29)30)21(33)26-16(9-11-20(31)32)23(35)28-12-4-7-18(28)22(34)27-17(24(36)37)13-14-5-2-1-3-6-14/h1-3,5-6,15-18H,4,7-13,25H2,(H,26,33)(H,27,34)(H,29,30)(H,31,32)(H,36,37). The van der Waals surface area contributed by atoms with Crippen LogP contribution in [-0.2, 0) is 35.2 Å². The third-order valence-corrected chi connectivity index (χ3v) is 6.00. The summed E-state index contributed by atoms with van der Waals surface area (Å²) in [6.07, 6.45) is -0.552. The predicted octanol–water partition coefficient (Wildman–Crippen LogP) is -0.669. The summed E-state index contributed by atoms with van der Waals surface area (Å²) < 4.78 is 0. The largest absolute Gasteiger partial charge is 0.481 e. The number of nitrogens with zero attached hydrogens (tertiary/aromatic N) is 1. The van der Waals surface area contributed by atoms with Crippen molar-refractivity contribution in [2.75, 3.05) is 6.54 Å². The van der Waals surface area contributed by atoms with Crippen LogP contribution in [0.15, 0.2) is 30.3 Å². The molecule has 0 spiro atoms. The Bertz CT molecular complexity index is 1000. The number of carbonyl (C=O) groups excluding carboxylic acids is 3. The first-order valence-corrected chi connectivity index (χ1v) is 11.9. The molecule has 1 aliphatic heterocycles. The predicted molar refractivity (Wildman–Crippen MR) is 128 cm³/mol. The second-order valence-corrected chi connectivity index (χ2v) is 8.81. The number of amides is 3. The molecule has 3 amide bonds. The maximum atomic E-state index is 13.3. The summed E-state index contributed by atoms with van der Waals surface area (Å²) in [6, 6.07) is 3.93. The summed E-state index contributed by atoms with van der Waals surface area (Å²) in [4.78, 5) is 73.6. The molecule has 1 aromatic carbocycles. The molecule has 202 valence electrons. The van der Waals surface area contributed by atoms with Crippen LogP contribution in [-0.4, -0.2) is 86.6 Å². The van der Waals surface area contributed by atoms with E-state index < -0.39 is 66.2 Å². The lowest BCUT2D eigenvalue weighted by atomic mass is 10.0. The lowest BCUT2D eigenvalue weighted by molar-refractivity contribution is -0.145. The molecule has 0 radical (unpaired) electrons. The van der Waals surface area contributed by atoms with Crippen LogP contribution < -0.4 is 16.4 Å². The number of rotatable bonds is 14. The fourth-order valence-electron chi connectivity index (χ4n) is 4.04. The number of nitrogens with two attached hydrogens (primary N) is 1. The highest BCUT2D eigenvalue weighted by atomic mass is 16.4. The molecule has 0 aromatic heterocycles. The molecule has 7 N–H and O–H groups in total. The van der Waals surface area contributed by atoms with Gasteiger partial charge in [0.25, 0.3) is 0 Å². The van der Waals surface area contributed by atoms with Gasteiger partial charge in [-0.2, -0.15) is 0 Å². The molecule has 1 aromatic rings. The summed E-state index contributed by atoms with van der Waals surface area (Å²) >= 11 is 0. The van der Waals surface area contributed by atoms with Crippen LogP contribution in [0, 0.1) is 0 Å². The second-order valence-electron chi connectivity index (χ2n) is 8.81. The number of hydrogen-bond acceptors (Lipinski definition) is 7. The van der Waals surface area contributed by atoms with Gasteiger partial charge in [0.15, 0.2) is 0 Å². The van der Waals surface area contributed by atoms with Gasteiger partial charge in [0, 0.05) is 25.8 Å². The zero-order valence-corrected chi connectivity index (χ0v) is 20.2. The number of benzene rings is 1. The first-order valence-electron chi connectivity index (χ1n) is 11.9. The van der Waals surface area contributed by atoms with Crippen LogP contribution in [0.1, 0.15) is 44.1 Å². The van der Waals surface area contributed by atoms with Gasteiger partial charge < -0.3 is 36.6 Å².